The van der Waals surface area contributed by atoms with E-state index in [1.54, 1.807) is 0 Å². The first-order chi connectivity index (χ1) is 69.7. The van der Waals surface area contributed by atoms with E-state index in [1.165, 1.54) is 193 Å². The minimum atomic E-state index is 1.15. The van der Waals surface area contributed by atoms with Gasteiger partial charge in [-0.25, -0.2) is 0 Å². The highest BCUT2D eigenvalue weighted by Crippen LogP contribution is 2.45. The Hall–Kier alpha value is -18.4. The highest BCUT2D eigenvalue weighted by atomic mass is 15.1. The second-order valence-corrected chi connectivity index (χ2v) is 36.2. The fourth-order valence-electron chi connectivity index (χ4n) is 21.0. The van der Waals surface area contributed by atoms with Gasteiger partial charge in [0, 0.05) is 167 Å². The highest BCUT2D eigenvalue weighted by Gasteiger charge is 2.23. The number of aromatic nitrogens is 5. The van der Waals surface area contributed by atoms with Gasteiger partial charge in [-0.1, -0.05) is 328 Å². The van der Waals surface area contributed by atoms with Crippen LogP contribution in [0.5, 0.6) is 0 Å². The topological polar surface area (TPSA) is 37.6 Å². The zero-order valence-corrected chi connectivity index (χ0v) is 78.8. The van der Waals surface area contributed by atoms with Gasteiger partial charge in [-0.2, -0.15) is 0 Å². The molecule has 0 aliphatic carbocycles. The number of hydrogen-bond acceptors (Lipinski definition) is 4. The van der Waals surface area contributed by atoms with Gasteiger partial charge in [0.25, 0.3) is 0 Å². The number of rotatable bonds is 15. The molecule has 5 heterocycles. The van der Waals surface area contributed by atoms with Crippen LogP contribution in [0.4, 0.5) is 45.5 Å². The molecule has 27 aromatic rings. The largest absolute Gasteiger partial charge is 0.345 e. The first kappa shape index (κ1) is 85.5. The van der Waals surface area contributed by atoms with E-state index in [9.17, 15) is 0 Å². The summed E-state index contributed by atoms with van der Waals surface area (Å²) in [7, 11) is 8.50. The van der Waals surface area contributed by atoms with Crippen LogP contribution in [0.25, 0.3) is 181 Å². The summed E-state index contributed by atoms with van der Waals surface area (Å²) in [4.78, 5) is 8.95. The van der Waals surface area contributed by atoms with Gasteiger partial charge in [-0.05, 0) is 233 Å². The molecule has 0 saturated carbocycles. The maximum absolute atomic E-state index is 2.42. The van der Waals surface area contributed by atoms with Crippen LogP contribution < -0.4 is 19.6 Å². The molecule has 27 rings (SSSR count). The zero-order valence-electron chi connectivity index (χ0n) is 78.8. The molecule has 141 heavy (non-hydrogen) atoms. The van der Waals surface area contributed by atoms with Crippen LogP contribution in [-0.2, 0) is 0 Å². The quantitative estimate of drug-likeness (QED) is 0.103. The Morgan fingerprint density at radius 3 is 0.716 bits per heavy atom. The van der Waals surface area contributed by atoms with Crippen molar-refractivity contribution in [2.45, 2.75) is 0 Å². The summed E-state index contributed by atoms with van der Waals surface area (Å²) >= 11 is 0. The third-order valence-corrected chi connectivity index (χ3v) is 28.2. The van der Waals surface area contributed by atoms with Gasteiger partial charge in [-0.15, -0.1) is 0 Å². The van der Waals surface area contributed by atoms with E-state index in [1.807, 2.05) is 6.07 Å². The molecule has 9 nitrogen and oxygen atoms in total. The molecule has 0 bridgehead atoms. The molecule has 0 spiro atoms. The monoisotopic (exact) mass is 1810 g/mol. The van der Waals surface area contributed by atoms with E-state index in [0.29, 0.717) is 0 Å². The summed E-state index contributed by atoms with van der Waals surface area (Å²) in [6.07, 6.45) is 0. The average Bonchev–Trinajstić information content (AvgIpc) is 1.53. The molecule has 22 aromatic carbocycles. The number of fused-ring (bicyclic) bond motifs is 19. The van der Waals surface area contributed by atoms with Crippen molar-refractivity contribution < 1.29 is 0 Å². The SMILES string of the molecule is CN(c1ccc(-c2ccccc2)cc1)c1ccc2c3ccc4ccccc4c3n(-c3ccccc3)c2c1.CN(c1ccc(-n2c3ccccc3c3ccccc32)cc1)c1ccc(-n2c3ccccc3c3ccccc32)cc1.CN(c1ccccc1)c1ccc(-c2ccc3c(c2)c2ccccc2n3-c2ccccc2)cc1.CN(c1ccccc1)c1ccc2c3ccc4ccccc4c3n(-c3ccccc3)c2c1. The molecule has 0 atom stereocenters. The van der Waals surface area contributed by atoms with Crippen molar-refractivity contribution in [3.05, 3.63) is 528 Å². The average molecular weight is 1810 g/mol. The van der Waals surface area contributed by atoms with E-state index >= 15 is 0 Å². The standard InChI is InChI=1S/C37H27N3.C35H26N2.C31H24N2.C29H22N2/c1-38(26-18-22-28(23-19-26)39-34-14-6-2-10-30(34)31-11-3-7-15-35(31)39)27-20-24-29(25-21-27)40-36-16-8-4-12-32(36)33-13-5-9-17-37(33)40;1-36(28-19-16-26(17-20-28)25-10-4-2-5-11-25)30-21-23-32-33-22-18-27-12-8-9-15-31(27)35(33)37(34(32)24-30)29-13-6-3-7-14-29;1-32(25-10-4-2-5-11-25)26-19-16-23(17-20-26)24-18-21-31-29(22-24)28-14-8-9-15-30(28)33(31)27-12-6-3-7-13-27;1-30(22-11-4-2-5-12-22)24-17-19-26-27-18-16-21-10-8-9-15-25(21)29(27)31(28(26)20-24)23-13-6-3-7-14-23/h2-25H,1H3;2-24H,1H3;2-22H,1H3;2-20H,1H3. The minimum Gasteiger partial charge on any atom is -0.345 e. The van der Waals surface area contributed by atoms with Gasteiger partial charge in [0.1, 0.15) is 0 Å². The predicted octanol–water partition coefficient (Wildman–Crippen LogP) is 34.9. The molecule has 0 saturated heterocycles. The van der Waals surface area contributed by atoms with Crippen LogP contribution >= 0.6 is 0 Å². The first-order valence-electron chi connectivity index (χ1n) is 48.3. The fraction of sp³-hybridized carbons (Fsp3) is 0.0303. The summed E-state index contributed by atoms with van der Waals surface area (Å²) < 4.78 is 11.9. The maximum Gasteiger partial charge on any atom is 0.0619 e. The Bertz CT molecular complexity index is 8990. The Labute approximate surface area is 819 Å². The van der Waals surface area contributed by atoms with E-state index in [0.717, 1.165) is 34.1 Å². The Balaban J connectivity index is 0.000000102. The van der Waals surface area contributed by atoms with E-state index < -0.39 is 0 Å². The van der Waals surface area contributed by atoms with Crippen LogP contribution in [0, 0.1) is 0 Å². The smallest absolute Gasteiger partial charge is 0.0619 e. The lowest BCUT2D eigenvalue weighted by Gasteiger charge is -2.21. The van der Waals surface area contributed by atoms with E-state index in [-0.39, 0.29) is 0 Å². The lowest BCUT2D eigenvalue weighted by Crippen LogP contribution is -2.09. The summed E-state index contributed by atoms with van der Waals surface area (Å²) in [6.45, 7) is 0. The van der Waals surface area contributed by atoms with E-state index in [2.05, 4.69) is 592 Å². The zero-order chi connectivity index (χ0) is 94.4. The van der Waals surface area contributed by atoms with Crippen LogP contribution in [0.2, 0.25) is 0 Å². The van der Waals surface area contributed by atoms with Gasteiger partial charge < -0.3 is 42.4 Å². The lowest BCUT2D eigenvalue weighted by molar-refractivity contribution is 1.15. The molecule has 0 radical (unpaired) electrons. The lowest BCUT2D eigenvalue weighted by atomic mass is 10.0. The predicted molar refractivity (Wildman–Crippen MR) is 601 cm³/mol. The molecule has 0 unspecified atom stereocenters. The molecular formula is C132H99N9. The van der Waals surface area contributed by atoms with Crippen molar-refractivity contribution in [1.29, 1.82) is 0 Å². The number of benzene rings is 22. The van der Waals surface area contributed by atoms with Crippen LogP contribution in [0.3, 0.4) is 0 Å². The molecule has 0 fully saturated rings. The van der Waals surface area contributed by atoms with Gasteiger partial charge in [-0.3, -0.25) is 0 Å². The molecule has 0 N–H and O–H groups in total. The van der Waals surface area contributed by atoms with Gasteiger partial charge in [0.05, 0.1) is 55.2 Å². The fourth-order valence-corrected chi connectivity index (χ4v) is 21.0. The summed E-state index contributed by atoms with van der Waals surface area (Å²) in [5, 5.41) is 17.8. The molecule has 0 aliphatic rings. The number of nitrogens with zero attached hydrogens (tertiary/aromatic N) is 9. The Morgan fingerprint density at radius 1 is 0.128 bits per heavy atom. The third-order valence-electron chi connectivity index (χ3n) is 28.2. The number of anilines is 8. The Morgan fingerprint density at radius 2 is 0.355 bits per heavy atom. The van der Waals surface area contributed by atoms with Crippen molar-refractivity contribution in [2.24, 2.45) is 0 Å². The number of para-hydroxylation sites is 10. The van der Waals surface area contributed by atoms with Crippen LogP contribution in [-0.4, -0.2) is 51.0 Å². The van der Waals surface area contributed by atoms with Gasteiger partial charge in [0.2, 0.25) is 0 Å². The molecule has 9 heteroatoms. The van der Waals surface area contributed by atoms with Crippen molar-refractivity contribution in [3.63, 3.8) is 0 Å². The molecule has 5 aromatic heterocycles. The van der Waals surface area contributed by atoms with E-state index in [4.69, 9.17) is 0 Å². The van der Waals surface area contributed by atoms with Crippen molar-refractivity contribution in [2.75, 3.05) is 47.8 Å². The molecular weight excluding hydrogens is 1710 g/mol. The summed E-state index contributed by atoms with van der Waals surface area (Å²) in [5.74, 6) is 0. The highest BCUT2D eigenvalue weighted by molar-refractivity contribution is 6.21. The molecule has 0 aliphatic heterocycles. The first-order valence-corrected chi connectivity index (χ1v) is 48.3. The maximum atomic E-state index is 2.42. The minimum absolute atomic E-state index is 1.15. The van der Waals surface area contributed by atoms with Crippen molar-refractivity contribution in [3.8, 4) is 50.7 Å². The summed E-state index contributed by atoms with van der Waals surface area (Å²) in [5.41, 5.74) is 32.4. The van der Waals surface area contributed by atoms with Gasteiger partial charge in [0.15, 0.2) is 0 Å². The third kappa shape index (κ3) is 15.8. The molecule has 672 valence electrons. The van der Waals surface area contributed by atoms with Crippen molar-refractivity contribution in [1.82, 2.24) is 22.8 Å². The van der Waals surface area contributed by atoms with Crippen molar-refractivity contribution >= 4 is 176 Å². The van der Waals surface area contributed by atoms with Crippen LogP contribution in [0.15, 0.2) is 528 Å². The van der Waals surface area contributed by atoms with Crippen LogP contribution in [0.1, 0.15) is 0 Å². The summed E-state index contributed by atoms with van der Waals surface area (Å²) in [6, 6.07) is 189. The second-order valence-electron chi connectivity index (χ2n) is 36.2. The van der Waals surface area contributed by atoms with Gasteiger partial charge >= 0.3 is 0 Å². The second kappa shape index (κ2) is 37.0. The number of hydrogen-bond donors (Lipinski definition) is 0. The normalized spacial score (nSPS) is 11.4. The Kier molecular flexibility index (Phi) is 22.4. The molecule has 0 amide bonds.